The normalized spacial score (nSPS) is 20.7. The van der Waals surface area contributed by atoms with Crippen LogP contribution in [-0.4, -0.2) is 59.5 Å². The fraction of sp³-hybridized carbons (Fsp3) is 0.909. The van der Waals surface area contributed by atoms with E-state index in [1.54, 1.807) is 6.92 Å². The van der Waals surface area contributed by atoms with Gasteiger partial charge < -0.3 is 19.8 Å². The third-order valence-electron chi connectivity index (χ3n) is 2.73. The third kappa shape index (κ3) is 4.92. The van der Waals surface area contributed by atoms with E-state index in [9.17, 15) is 15.0 Å². The van der Waals surface area contributed by atoms with Gasteiger partial charge in [0.2, 0.25) is 0 Å². The zero-order chi connectivity index (χ0) is 12.0. The number of rotatable bonds is 5. The first-order chi connectivity index (χ1) is 7.61. The number of esters is 1. The third-order valence-corrected chi connectivity index (χ3v) is 2.73. The highest BCUT2D eigenvalue weighted by Crippen LogP contribution is 2.10. The molecule has 0 aromatic rings. The largest absolute Gasteiger partial charge is 0.466 e. The van der Waals surface area contributed by atoms with Crippen LogP contribution in [0.2, 0.25) is 0 Å². The number of carbonyl (C=O) groups is 1. The lowest BCUT2D eigenvalue weighted by Crippen LogP contribution is -2.40. The SMILES string of the molecule is CCOC(=O)CC(O)CN1CCC(O)CC1. The summed E-state index contributed by atoms with van der Waals surface area (Å²) in [4.78, 5) is 13.2. The second kappa shape index (κ2) is 6.83. The van der Waals surface area contributed by atoms with E-state index in [4.69, 9.17) is 4.74 Å². The van der Waals surface area contributed by atoms with Crippen LogP contribution >= 0.6 is 0 Å². The maximum atomic E-state index is 11.1. The number of piperidine rings is 1. The fourth-order valence-corrected chi connectivity index (χ4v) is 1.88. The van der Waals surface area contributed by atoms with Gasteiger partial charge in [-0.15, -0.1) is 0 Å². The molecule has 0 aliphatic carbocycles. The first-order valence-corrected chi connectivity index (χ1v) is 5.86. The molecule has 0 aromatic heterocycles. The molecule has 1 rings (SSSR count). The van der Waals surface area contributed by atoms with Crippen LogP contribution in [0.5, 0.6) is 0 Å². The fourth-order valence-electron chi connectivity index (χ4n) is 1.88. The first kappa shape index (κ1) is 13.4. The summed E-state index contributed by atoms with van der Waals surface area (Å²) in [6.07, 6.45) is 0.651. The van der Waals surface area contributed by atoms with Gasteiger partial charge in [0.25, 0.3) is 0 Å². The van der Waals surface area contributed by atoms with E-state index in [1.165, 1.54) is 0 Å². The molecule has 5 heteroatoms. The summed E-state index contributed by atoms with van der Waals surface area (Å²) in [5.41, 5.74) is 0. The minimum Gasteiger partial charge on any atom is -0.466 e. The molecule has 0 radical (unpaired) electrons. The van der Waals surface area contributed by atoms with E-state index in [2.05, 4.69) is 4.90 Å². The predicted octanol–water partition coefficient (Wildman–Crippen LogP) is -0.243. The Balaban J connectivity index is 2.18. The van der Waals surface area contributed by atoms with Crippen LogP contribution in [0, 0.1) is 0 Å². The van der Waals surface area contributed by atoms with Crippen molar-refractivity contribution < 1.29 is 19.7 Å². The number of likely N-dealkylation sites (tertiary alicyclic amines) is 1. The molecule has 1 atom stereocenters. The Bertz CT molecular complexity index is 214. The van der Waals surface area contributed by atoms with Crippen molar-refractivity contribution in [2.75, 3.05) is 26.2 Å². The quantitative estimate of drug-likeness (QED) is 0.639. The van der Waals surface area contributed by atoms with Crippen molar-refractivity contribution in [3.05, 3.63) is 0 Å². The number of ether oxygens (including phenoxy) is 1. The van der Waals surface area contributed by atoms with Gasteiger partial charge in [0.1, 0.15) is 0 Å². The van der Waals surface area contributed by atoms with Gasteiger partial charge in [0.05, 0.1) is 25.2 Å². The summed E-state index contributed by atoms with van der Waals surface area (Å²) < 4.78 is 4.76. The molecule has 2 N–H and O–H groups in total. The predicted molar refractivity (Wildman–Crippen MR) is 58.9 cm³/mol. The van der Waals surface area contributed by atoms with Crippen LogP contribution < -0.4 is 0 Å². The average molecular weight is 231 g/mol. The lowest BCUT2D eigenvalue weighted by atomic mass is 10.1. The Kier molecular flexibility index (Phi) is 5.73. The van der Waals surface area contributed by atoms with Gasteiger partial charge in [-0.3, -0.25) is 4.79 Å². The number of aliphatic hydroxyl groups excluding tert-OH is 2. The maximum absolute atomic E-state index is 11.1. The lowest BCUT2D eigenvalue weighted by molar-refractivity contribution is -0.145. The molecular formula is C11H21NO4. The number of hydrogen-bond acceptors (Lipinski definition) is 5. The van der Waals surface area contributed by atoms with E-state index in [0.29, 0.717) is 13.2 Å². The van der Waals surface area contributed by atoms with Gasteiger partial charge in [-0.05, 0) is 19.8 Å². The number of carbonyl (C=O) groups excluding carboxylic acids is 1. The Hall–Kier alpha value is -0.650. The van der Waals surface area contributed by atoms with Crippen molar-refractivity contribution in [2.24, 2.45) is 0 Å². The van der Waals surface area contributed by atoms with Crippen molar-refractivity contribution in [2.45, 2.75) is 38.4 Å². The number of hydrogen-bond donors (Lipinski definition) is 2. The van der Waals surface area contributed by atoms with Crippen LogP contribution in [0.4, 0.5) is 0 Å². The summed E-state index contributed by atoms with van der Waals surface area (Å²) in [5.74, 6) is -0.355. The van der Waals surface area contributed by atoms with E-state index in [0.717, 1.165) is 25.9 Å². The molecule has 0 spiro atoms. The van der Waals surface area contributed by atoms with Crippen LogP contribution in [0.25, 0.3) is 0 Å². The Morgan fingerprint density at radius 2 is 2.12 bits per heavy atom. The first-order valence-electron chi connectivity index (χ1n) is 5.86. The molecule has 16 heavy (non-hydrogen) atoms. The van der Waals surface area contributed by atoms with Gasteiger partial charge in [0.15, 0.2) is 0 Å². The molecule has 94 valence electrons. The molecular weight excluding hydrogens is 210 g/mol. The molecule has 5 nitrogen and oxygen atoms in total. The second-order valence-corrected chi connectivity index (χ2v) is 4.19. The molecule has 1 aliphatic rings. The van der Waals surface area contributed by atoms with Crippen molar-refractivity contribution in [1.29, 1.82) is 0 Å². The zero-order valence-corrected chi connectivity index (χ0v) is 9.76. The molecule has 1 aliphatic heterocycles. The summed E-state index contributed by atoms with van der Waals surface area (Å²) in [5, 5.41) is 19.0. The Labute approximate surface area is 96.0 Å². The highest BCUT2D eigenvalue weighted by atomic mass is 16.5. The van der Waals surface area contributed by atoms with E-state index < -0.39 is 6.10 Å². The molecule has 0 amide bonds. The van der Waals surface area contributed by atoms with E-state index in [1.807, 2.05) is 0 Å². The van der Waals surface area contributed by atoms with E-state index in [-0.39, 0.29) is 18.5 Å². The number of aliphatic hydroxyl groups is 2. The number of β-amino-alcohol motifs (C(OH)–C–C–N with tert-alkyl or cyclic N) is 1. The van der Waals surface area contributed by atoms with Crippen molar-refractivity contribution in [3.63, 3.8) is 0 Å². The lowest BCUT2D eigenvalue weighted by Gasteiger charge is -2.30. The van der Waals surface area contributed by atoms with Crippen LogP contribution in [-0.2, 0) is 9.53 Å². The zero-order valence-electron chi connectivity index (χ0n) is 9.76. The molecule has 1 fully saturated rings. The van der Waals surface area contributed by atoms with Gasteiger partial charge >= 0.3 is 5.97 Å². The average Bonchev–Trinajstić information content (AvgIpc) is 2.21. The van der Waals surface area contributed by atoms with Gasteiger partial charge in [-0.1, -0.05) is 0 Å². The topological polar surface area (TPSA) is 70.0 Å². The van der Waals surface area contributed by atoms with Gasteiger partial charge in [-0.25, -0.2) is 0 Å². The van der Waals surface area contributed by atoms with Crippen LogP contribution in [0.1, 0.15) is 26.2 Å². The van der Waals surface area contributed by atoms with Crippen LogP contribution in [0.3, 0.4) is 0 Å². The molecule has 1 saturated heterocycles. The van der Waals surface area contributed by atoms with Gasteiger partial charge in [0, 0.05) is 19.6 Å². The standard InChI is InChI=1S/C11H21NO4/c1-2-16-11(15)7-10(14)8-12-5-3-9(13)4-6-12/h9-10,13-14H,2-8H2,1H3. The highest BCUT2D eigenvalue weighted by molar-refractivity contribution is 5.69. The summed E-state index contributed by atoms with van der Waals surface area (Å²) >= 11 is 0. The molecule has 0 bridgehead atoms. The highest BCUT2D eigenvalue weighted by Gasteiger charge is 2.20. The smallest absolute Gasteiger partial charge is 0.308 e. The molecule has 1 unspecified atom stereocenters. The summed E-state index contributed by atoms with van der Waals surface area (Å²) in [6.45, 7) is 4.13. The van der Waals surface area contributed by atoms with Crippen LogP contribution in [0.15, 0.2) is 0 Å². The van der Waals surface area contributed by atoms with Crippen molar-refractivity contribution >= 4 is 5.97 Å². The van der Waals surface area contributed by atoms with Gasteiger partial charge in [-0.2, -0.15) is 0 Å². The monoisotopic (exact) mass is 231 g/mol. The Morgan fingerprint density at radius 1 is 1.50 bits per heavy atom. The Morgan fingerprint density at radius 3 is 2.69 bits per heavy atom. The molecule has 0 aromatic carbocycles. The summed E-state index contributed by atoms with van der Waals surface area (Å²) in [7, 11) is 0. The second-order valence-electron chi connectivity index (χ2n) is 4.19. The maximum Gasteiger partial charge on any atom is 0.308 e. The van der Waals surface area contributed by atoms with E-state index >= 15 is 0 Å². The van der Waals surface area contributed by atoms with Crippen molar-refractivity contribution in [1.82, 2.24) is 4.90 Å². The van der Waals surface area contributed by atoms with Crippen molar-refractivity contribution in [3.8, 4) is 0 Å². The molecule has 0 saturated carbocycles. The number of nitrogens with zero attached hydrogens (tertiary/aromatic N) is 1. The summed E-state index contributed by atoms with van der Waals surface area (Å²) in [6, 6.07) is 0. The minimum atomic E-state index is -0.672. The minimum absolute atomic E-state index is 0.0485. The molecule has 1 heterocycles.